The smallest absolute Gasteiger partial charge is 0.00139 e. The van der Waals surface area contributed by atoms with E-state index in [1.807, 2.05) is 0 Å². The lowest BCUT2D eigenvalue weighted by atomic mass is 9.89. The SMILES string of the molecule is c1cc2c3c(c1)ccc1ccc4c(-c5ccc6c7c5ccc5ccc8cccc-6c8c57)ccc-2c4c13. The Labute approximate surface area is 207 Å². The Morgan fingerprint density at radius 2 is 0.583 bits per heavy atom. The van der Waals surface area contributed by atoms with Gasteiger partial charge in [-0.05, 0) is 98.0 Å². The Morgan fingerprint density at radius 1 is 0.222 bits per heavy atom. The summed E-state index contributed by atoms with van der Waals surface area (Å²) in [6.45, 7) is 0. The molecule has 0 amide bonds. The second-order valence-corrected chi connectivity index (χ2v) is 10.4. The Hall–Kier alpha value is -4.68. The summed E-state index contributed by atoms with van der Waals surface area (Å²) in [4.78, 5) is 0. The second kappa shape index (κ2) is 5.75. The third kappa shape index (κ3) is 1.83. The third-order valence-corrected chi connectivity index (χ3v) is 8.88. The first kappa shape index (κ1) is 17.7. The van der Waals surface area contributed by atoms with Crippen LogP contribution in [0.5, 0.6) is 0 Å². The van der Waals surface area contributed by atoms with E-state index in [9.17, 15) is 0 Å². The van der Waals surface area contributed by atoms with Gasteiger partial charge in [-0.3, -0.25) is 0 Å². The van der Waals surface area contributed by atoms with E-state index < -0.39 is 0 Å². The van der Waals surface area contributed by atoms with E-state index in [4.69, 9.17) is 0 Å². The normalized spacial score (nSPS) is 13.0. The predicted molar refractivity (Wildman–Crippen MR) is 155 cm³/mol. The zero-order valence-electron chi connectivity index (χ0n) is 19.4. The van der Waals surface area contributed by atoms with Gasteiger partial charge in [0.1, 0.15) is 0 Å². The first-order valence-electron chi connectivity index (χ1n) is 12.7. The van der Waals surface area contributed by atoms with Crippen molar-refractivity contribution in [2.45, 2.75) is 0 Å². The van der Waals surface area contributed by atoms with Crippen LogP contribution in [0.2, 0.25) is 0 Å². The van der Waals surface area contributed by atoms with Crippen molar-refractivity contribution < 1.29 is 0 Å². The van der Waals surface area contributed by atoms with Gasteiger partial charge in [0.05, 0.1) is 0 Å². The van der Waals surface area contributed by atoms with Gasteiger partial charge in [0.2, 0.25) is 0 Å². The second-order valence-electron chi connectivity index (χ2n) is 10.4. The molecule has 0 nitrogen and oxygen atoms in total. The lowest BCUT2D eigenvalue weighted by Crippen LogP contribution is -1.87. The molecule has 0 unspecified atom stereocenters. The van der Waals surface area contributed by atoms with E-state index in [1.54, 1.807) is 0 Å². The maximum atomic E-state index is 2.36. The van der Waals surface area contributed by atoms with E-state index in [2.05, 4.69) is 109 Å². The van der Waals surface area contributed by atoms with Gasteiger partial charge < -0.3 is 0 Å². The maximum Gasteiger partial charge on any atom is -0.00139 e. The third-order valence-electron chi connectivity index (χ3n) is 8.88. The first-order chi connectivity index (χ1) is 17.9. The zero-order valence-corrected chi connectivity index (χ0v) is 19.4. The number of hydrogen-bond acceptors (Lipinski definition) is 0. The molecule has 8 aromatic rings. The minimum atomic E-state index is 1.33. The quantitative estimate of drug-likeness (QED) is 0.218. The van der Waals surface area contributed by atoms with E-state index in [-0.39, 0.29) is 0 Å². The van der Waals surface area contributed by atoms with E-state index >= 15 is 0 Å². The molecule has 0 spiro atoms. The van der Waals surface area contributed by atoms with Crippen molar-refractivity contribution in [1.82, 2.24) is 0 Å². The molecule has 0 aromatic heterocycles. The van der Waals surface area contributed by atoms with E-state index in [1.165, 1.54) is 98.0 Å². The van der Waals surface area contributed by atoms with Crippen LogP contribution in [0.1, 0.15) is 0 Å². The van der Waals surface area contributed by atoms with Crippen LogP contribution < -0.4 is 0 Å². The number of hydrogen-bond donors (Lipinski definition) is 0. The molecule has 0 heterocycles. The number of rotatable bonds is 1. The van der Waals surface area contributed by atoms with Crippen LogP contribution in [0, 0.1) is 0 Å². The molecule has 0 radical (unpaired) electrons. The highest BCUT2D eigenvalue weighted by Crippen LogP contribution is 2.52. The standard InChI is InChI=1S/C36H18/c1-3-19-7-9-21-11-13-27-23(15-17-29-25(5-1)31(19)33(21)35(27)29)24-16-18-30-26-6-2-4-20-8-10-22-12-14-28(24)36(30)34(22)32(20)26/h1-18H. The van der Waals surface area contributed by atoms with Crippen molar-refractivity contribution >= 4 is 64.6 Å². The van der Waals surface area contributed by atoms with Crippen LogP contribution >= 0.6 is 0 Å². The molecule has 0 aliphatic heterocycles. The Morgan fingerprint density at radius 3 is 1.06 bits per heavy atom. The summed E-state index contributed by atoms with van der Waals surface area (Å²) in [6.07, 6.45) is 0. The fourth-order valence-corrected chi connectivity index (χ4v) is 7.44. The molecule has 162 valence electrons. The van der Waals surface area contributed by atoms with Crippen LogP contribution in [-0.4, -0.2) is 0 Å². The topological polar surface area (TPSA) is 0 Å². The highest BCUT2D eigenvalue weighted by atomic mass is 14.3. The Bertz CT molecular complexity index is 2180. The highest BCUT2D eigenvalue weighted by Gasteiger charge is 2.25. The van der Waals surface area contributed by atoms with Gasteiger partial charge in [-0.15, -0.1) is 0 Å². The largest absolute Gasteiger partial charge is 0.0610 e. The molecule has 0 bridgehead atoms. The van der Waals surface area contributed by atoms with Crippen LogP contribution in [0.3, 0.4) is 0 Å². The molecule has 0 N–H and O–H groups in total. The van der Waals surface area contributed by atoms with Gasteiger partial charge in [0.15, 0.2) is 0 Å². The van der Waals surface area contributed by atoms with Gasteiger partial charge in [-0.2, -0.15) is 0 Å². The zero-order chi connectivity index (χ0) is 23.1. The van der Waals surface area contributed by atoms with E-state index in [0.717, 1.165) is 0 Å². The average molecular weight is 451 g/mol. The summed E-state index contributed by atoms with van der Waals surface area (Å²) >= 11 is 0. The van der Waals surface area contributed by atoms with Gasteiger partial charge in [-0.25, -0.2) is 0 Å². The summed E-state index contributed by atoms with van der Waals surface area (Å²) in [7, 11) is 0. The van der Waals surface area contributed by atoms with Crippen molar-refractivity contribution in [2.24, 2.45) is 0 Å². The molecule has 2 aliphatic carbocycles. The monoisotopic (exact) mass is 450 g/mol. The molecule has 8 aromatic carbocycles. The van der Waals surface area contributed by atoms with Crippen LogP contribution in [-0.2, 0) is 0 Å². The lowest BCUT2D eigenvalue weighted by molar-refractivity contribution is 1.71. The summed E-state index contributed by atoms with van der Waals surface area (Å²) in [6, 6.07) is 41.3. The first-order valence-corrected chi connectivity index (χ1v) is 12.7. The number of fused-ring (bicyclic) bond motifs is 2. The maximum absolute atomic E-state index is 2.36. The van der Waals surface area contributed by atoms with Crippen molar-refractivity contribution in [3.8, 4) is 33.4 Å². The fraction of sp³-hybridized carbons (Fsp3) is 0. The molecule has 2 aliphatic rings. The van der Waals surface area contributed by atoms with Crippen molar-refractivity contribution in [3.05, 3.63) is 109 Å². The van der Waals surface area contributed by atoms with Crippen LogP contribution in [0.25, 0.3) is 98.0 Å². The van der Waals surface area contributed by atoms with E-state index in [0.29, 0.717) is 0 Å². The molecule has 36 heavy (non-hydrogen) atoms. The lowest BCUT2D eigenvalue weighted by Gasteiger charge is -2.14. The summed E-state index contributed by atoms with van der Waals surface area (Å²) in [5, 5.41) is 16.5. The van der Waals surface area contributed by atoms with Crippen LogP contribution in [0.4, 0.5) is 0 Å². The van der Waals surface area contributed by atoms with Gasteiger partial charge in [-0.1, -0.05) is 109 Å². The predicted octanol–water partition coefficient (Wildman–Crippen LogP) is 10.2. The van der Waals surface area contributed by atoms with Crippen molar-refractivity contribution in [1.29, 1.82) is 0 Å². The molecule has 0 fully saturated rings. The molecular weight excluding hydrogens is 432 g/mol. The Balaban J connectivity index is 1.38. The minimum absolute atomic E-state index is 1.33. The fourth-order valence-electron chi connectivity index (χ4n) is 7.44. The molecule has 0 heteroatoms. The van der Waals surface area contributed by atoms with Crippen molar-refractivity contribution in [2.75, 3.05) is 0 Å². The molecular formula is C36H18. The summed E-state index contributed by atoms with van der Waals surface area (Å²) < 4.78 is 0. The molecule has 0 atom stereocenters. The summed E-state index contributed by atoms with van der Waals surface area (Å²) in [5.41, 5.74) is 8.14. The highest BCUT2D eigenvalue weighted by molar-refractivity contribution is 6.36. The Kier molecular flexibility index (Phi) is 2.83. The number of benzene rings is 8. The van der Waals surface area contributed by atoms with Gasteiger partial charge in [0, 0.05) is 0 Å². The van der Waals surface area contributed by atoms with Gasteiger partial charge in [0.25, 0.3) is 0 Å². The minimum Gasteiger partial charge on any atom is -0.0610 e. The van der Waals surface area contributed by atoms with Crippen LogP contribution in [0.15, 0.2) is 109 Å². The molecule has 0 saturated carbocycles. The molecule has 10 rings (SSSR count). The molecule has 0 saturated heterocycles. The summed E-state index contributed by atoms with van der Waals surface area (Å²) in [5.74, 6) is 0. The average Bonchev–Trinajstić information content (AvgIpc) is 3.46. The van der Waals surface area contributed by atoms with Crippen molar-refractivity contribution in [3.63, 3.8) is 0 Å². The van der Waals surface area contributed by atoms with Gasteiger partial charge >= 0.3 is 0 Å².